The van der Waals surface area contributed by atoms with Crippen LogP contribution >= 0.6 is 11.8 Å². The van der Waals surface area contributed by atoms with E-state index < -0.39 is 0 Å². The molecule has 0 fully saturated rings. The monoisotopic (exact) mass is 266 g/mol. The Hall–Kier alpha value is -1.49. The highest BCUT2D eigenvalue weighted by molar-refractivity contribution is 7.99. The van der Waals surface area contributed by atoms with E-state index in [0.29, 0.717) is 11.4 Å². The van der Waals surface area contributed by atoms with E-state index in [1.54, 1.807) is 11.8 Å². The van der Waals surface area contributed by atoms with E-state index in [2.05, 4.69) is 29.4 Å². The summed E-state index contributed by atoms with van der Waals surface area (Å²) in [5, 5.41) is 7.87. The number of hydrogen-bond acceptors (Lipinski definition) is 5. The summed E-state index contributed by atoms with van der Waals surface area (Å²) in [6.07, 6.45) is 0. The van der Waals surface area contributed by atoms with Gasteiger partial charge in [0.2, 0.25) is 0 Å². The highest BCUT2D eigenvalue weighted by atomic mass is 32.2. The summed E-state index contributed by atoms with van der Waals surface area (Å²) >= 11 is 1.80. The second-order valence-corrected chi connectivity index (χ2v) is 4.78. The van der Waals surface area contributed by atoms with E-state index in [9.17, 15) is 0 Å². The lowest BCUT2D eigenvalue weighted by atomic mass is 10.1. The lowest BCUT2D eigenvalue weighted by molar-refractivity contribution is 0.210. The van der Waals surface area contributed by atoms with Gasteiger partial charge in [0.05, 0.1) is 0 Å². The molecule has 0 aromatic heterocycles. The molecule has 0 aliphatic carbocycles. The molecule has 0 bridgehead atoms. The minimum Gasteiger partial charge on any atom is -0.399 e. The van der Waals surface area contributed by atoms with Gasteiger partial charge in [0.15, 0.2) is 0 Å². The molecule has 0 saturated heterocycles. The van der Waals surface area contributed by atoms with Gasteiger partial charge in [-0.1, -0.05) is 29.4 Å². The molecule has 0 saturated carbocycles. The van der Waals surface area contributed by atoms with Gasteiger partial charge < -0.3 is 9.68 Å². The Kier molecular flexibility index (Phi) is 6.28. The summed E-state index contributed by atoms with van der Waals surface area (Å²) in [5.74, 6) is 1.06. The van der Waals surface area contributed by atoms with Gasteiger partial charge in [0.25, 0.3) is 0 Å². The zero-order valence-corrected chi connectivity index (χ0v) is 12.0. The molecule has 5 heteroatoms. The van der Waals surface area contributed by atoms with Crippen molar-refractivity contribution < 1.29 is 9.68 Å². The van der Waals surface area contributed by atoms with Crippen LogP contribution in [0.2, 0.25) is 0 Å². The fraction of sp³-hybridized carbons (Fsp3) is 0.385. The molecule has 0 aliphatic heterocycles. The van der Waals surface area contributed by atoms with Crippen LogP contribution in [0, 0.1) is 0 Å². The first-order valence-electron chi connectivity index (χ1n) is 5.65. The normalized spacial score (nSPS) is 12.4. The van der Waals surface area contributed by atoms with E-state index in [1.807, 2.05) is 19.1 Å². The predicted octanol–water partition coefficient (Wildman–Crippen LogP) is 3.17. The predicted molar refractivity (Wildman–Crippen MR) is 76.5 cm³/mol. The minimum absolute atomic E-state index is 0.674. The van der Waals surface area contributed by atoms with E-state index in [1.165, 1.54) is 19.1 Å². The highest BCUT2D eigenvalue weighted by Crippen LogP contribution is 2.18. The quantitative estimate of drug-likeness (QED) is 0.451. The molecule has 1 rings (SSSR count). The molecular formula is C13H18N2O2S. The first-order chi connectivity index (χ1) is 8.72. The Morgan fingerprint density at radius 3 is 2.22 bits per heavy atom. The third-order valence-corrected chi connectivity index (χ3v) is 3.09. The van der Waals surface area contributed by atoms with Crippen molar-refractivity contribution in [3.63, 3.8) is 0 Å². The van der Waals surface area contributed by atoms with Gasteiger partial charge in [0, 0.05) is 10.5 Å². The number of thioether (sulfide) groups is 1. The van der Waals surface area contributed by atoms with Crippen molar-refractivity contribution in [2.75, 3.05) is 20.0 Å². The van der Waals surface area contributed by atoms with Crippen LogP contribution in [0.25, 0.3) is 0 Å². The number of nitrogens with zero attached hydrogens (tertiary/aromatic N) is 2. The van der Waals surface area contributed by atoms with Crippen molar-refractivity contribution in [3.05, 3.63) is 29.8 Å². The molecule has 18 heavy (non-hydrogen) atoms. The summed E-state index contributed by atoms with van der Waals surface area (Å²) in [4.78, 5) is 10.8. The highest BCUT2D eigenvalue weighted by Gasteiger charge is 2.09. The molecule has 1 aromatic carbocycles. The first-order valence-corrected chi connectivity index (χ1v) is 6.64. The average Bonchev–Trinajstić information content (AvgIpc) is 2.38. The Labute approximate surface area is 112 Å². The van der Waals surface area contributed by atoms with Crippen LogP contribution in [0.5, 0.6) is 0 Å². The third kappa shape index (κ3) is 4.07. The van der Waals surface area contributed by atoms with Gasteiger partial charge >= 0.3 is 0 Å². The fourth-order valence-electron chi connectivity index (χ4n) is 1.47. The lowest BCUT2D eigenvalue weighted by Crippen LogP contribution is -2.13. The maximum Gasteiger partial charge on any atom is 0.134 e. The van der Waals surface area contributed by atoms with Gasteiger partial charge in [-0.2, -0.15) is 0 Å². The molecule has 0 unspecified atom stereocenters. The third-order valence-electron chi connectivity index (χ3n) is 2.19. The van der Waals surface area contributed by atoms with Crippen molar-refractivity contribution in [2.45, 2.75) is 18.7 Å². The maximum atomic E-state index is 4.85. The summed E-state index contributed by atoms with van der Waals surface area (Å²) in [7, 11) is 3.02. The zero-order valence-electron chi connectivity index (χ0n) is 11.1. The summed E-state index contributed by atoms with van der Waals surface area (Å²) in [5.41, 5.74) is 2.30. The van der Waals surface area contributed by atoms with Gasteiger partial charge in [-0.3, -0.25) is 0 Å². The van der Waals surface area contributed by atoms with E-state index in [4.69, 9.17) is 9.68 Å². The van der Waals surface area contributed by atoms with E-state index in [0.717, 1.165) is 11.3 Å². The second kappa shape index (κ2) is 7.76. The van der Waals surface area contributed by atoms with Gasteiger partial charge in [-0.05, 0) is 24.8 Å². The van der Waals surface area contributed by atoms with Crippen molar-refractivity contribution in [3.8, 4) is 0 Å². The molecule has 0 radical (unpaired) electrons. The van der Waals surface area contributed by atoms with Crippen molar-refractivity contribution >= 4 is 23.2 Å². The van der Waals surface area contributed by atoms with Crippen LogP contribution in [0.15, 0.2) is 39.5 Å². The molecule has 0 N–H and O–H groups in total. The van der Waals surface area contributed by atoms with E-state index >= 15 is 0 Å². The topological polar surface area (TPSA) is 43.2 Å². The van der Waals surface area contributed by atoms with Crippen molar-refractivity contribution in [1.82, 2.24) is 0 Å². The van der Waals surface area contributed by atoms with Crippen LogP contribution in [0.4, 0.5) is 0 Å². The number of rotatable bonds is 6. The minimum atomic E-state index is 0.674. The molecule has 0 spiro atoms. The molecule has 0 heterocycles. The molecule has 0 aliphatic rings. The number of benzene rings is 1. The molecule has 1 aromatic rings. The van der Waals surface area contributed by atoms with Gasteiger partial charge in [0.1, 0.15) is 25.6 Å². The number of hydrogen-bond donors (Lipinski definition) is 0. The number of oxime groups is 2. The van der Waals surface area contributed by atoms with Crippen LogP contribution in [-0.2, 0) is 9.68 Å². The summed E-state index contributed by atoms with van der Waals surface area (Å²) in [6.45, 7) is 3.96. The maximum absolute atomic E-state index is 4.85. The van der Waals surface area contributed by atoms with Crippen molar-refractivity contribution in [2.24, 2.45) is 10.3 Å². The zero-order chi connectivity index (χ0) is 13.4. The standard InChI is InChI=1S/C13H18N2O2S/c1-5-18-12-8-6-11(7-9-12)13(15-17-4)10(2)14-16-3/h6-9H,5H2,1-4H3. The van der Waals surface area contributed by atoms with E-state index in [-0.39, 0.29) is 0 Å². The summed E-state index contributed by atoms with van der Waals surface area (Å²) < 4.78 is 0. The Morgan fingerprint density at radius 2 is 1.72 bits per heavy atom. The largest absolute Gasteiger partial charge is 0.399 e. The van der Waals surface area contributed by atoms with Gasteiger partial charge in [-0.15, -0.1) is 11.8 Å². The molecule has 98 valence electrons. The Morgan fingerprint density at radius 1 is 1.11 bits per heavy atom. The average molecular weight is 266 g/mol. The first kappa shape index (κ1) is 14.6. The SMILES string of the molecule is CCSc1ccc(C(=NOC)C(C)=NOC)cc1. The van der Waals surface area contributed by atoms with Crippen LogP contribution < -0.4 is 0 Å². The molecule has 4 nitrogen and oxygen atoms in total. The van der Waals surface area contributed by atoms with Crippen LogP contribution in [0.3, 0.4) is 0 Å². The fourth-order valence-corrected chi connectivity index (χ4v) is 2.14. The van der Waals surface area contributed by atoms with Gasteiger partial charge in [-0.25, -0.2) is 0 Å². The van der Waals surface area contributed by atoms with Crippen molar-refractivity contribution in [1.29, 1.82) is 0 Å². The molecule has 0 amide bonds. The second-order valence-electron chi connectivity index (χ2n) is 3.44. The molecule has 0 atom stereocenters. The lowest BCUT2D eigenvalue weighted by Gasteiger charge is -2.06. The smallest absolute Gasteiger partial charge is 0.134 e. The Bertz CT molecular complexity index is 427. The molecular weight excluding hydrogens is 248 g/mol. The summed E-state index contributed by atoms with van der Waals surface area (Å²) in [6, 6.07) is 8.14. The van der Waals surface area contributed by atoms with Crippen LogP contribution in [-0.4, -0.2) is 31.4 Å². The Balaban J connectivity index is 3.00. The van der Waals surface area contributed by atoms with Crippen LogP contribution in [0.1, 0.15) is 19.4 Å².